The maximum Gasteiger partial charge on any atom is 0.303 e. The van der Waals surface area contributed by atoms with Gasteiger partial charge in [-0.15, -0.1) is 0 Å². The number of benzene rings is 1. The minimum absolute atomic E-state index is 0.0684. The van der Waals surface area contributed by atoms with Crippen LogP contribution in [0.2, 0.25) is 5.02 Å². The van der Waals surface area contributed by atoms with Gasteiger partial charge in [-0.2, -0.15) is 0 Å². The number of nitrogens with one attached hydrogen (secondary N) is 1. The third kappa shape index (κ3) is 9.39. The summed E-state index contributed by atoms with van der Waals surface area (Å²) < 4.78 is 6.29. The third-order valence-electron chi connectivity index (χ3n) is 4.60. The molecule has 1 saturated heterocycles. The van der Waals surface area contributed by atoms with Gasteiger partial charge in [0.2, 0.25) is 0 Å². The number of allylic oxidation sites excluding steroid dienone is 2. The van der Waals surface area contributed by atoms with E-state index >= 15 is 0 Å². The van der Waals surface area contributed by atoms with Gasteiger partial charge in [-0.3, -0.25) is 4.79 Å². The van der Waals surface area contributed by atoms with Crippen molar-refractivity contribution in [3.8, 4) is 0 Å². The topological polar surface area (TPSA) is 73.6 Å². The Hall–Kier alpha value is -1.95. The zero-order valence-corrected chi connectivity index (χ0v) is 18.2. The summed E-state index contributed by atoms with van der Waals surface area (Å²) in [5.41, 5.74) is 1.28. The number of carboxylic acids is 1. The van der Waals surface area contributed by atoms with Crippen LogP contribution in [-0.4, -0.2) is 47.4 Å². The molecule has 1 aromatic carbocycles. The molecule has 1 aromatic rings. The predicted molar refractivity (Wildman–Crippen MR) is 120 cm³/mol. The van der Waals surface area contributed by atoms with Crippen molar-refractivity contribution in [2.45, 2.75) is 51.7 Å². The van der Waals surface area contributed by atoms with Crippen molar-refractivity contribution in [3.05, 3.63) is 59.7 Å². The van der Waals surface area contributed by atoms with Crippen LogP contribution in [0.5, 0.6) is 0 Å². The van der Waals surface area contributed by atoms with Gasteiger partial charge in [0, 0.05) is 24.5 Å². The number of hydrogen-bond donors (Lipinski definition) is 2. The molecule has 0 spiro atoms. The van der Waals surface area contributed by atoms with E-state index < -0.39 is 12.1 Å². The van der Waals surface area contributed by atoms with E-state index in [0.29, 0.717) is 17.2 Å². The first kappa shape index (κ1) is 25.1. The highest BCUT2D eigenvalue weighted by atomic mass is 35.5. The van der Waals surface area contributed by atoms with Gasteiger partial charge in [0.1, 0.15) is 6.10 Å². The van der Waals surface area contributed by atoms with Crippen LogP contribution < -0.4 is 0 Å². The van der Waals surface area contributed by atoms with Crippen molar-refractivity contribution in [2.24, 2.45) is 0 Å². The molecule has 160 valence electrons. The summed E-state index contributed by atoms with van der Waals surface area (Å²) in [4.78, 5) is 12.9. The fraction of sp³-hybridized carbons (Fsp3) is 0.478. The molecule has 0 saturated carbocycles. The van der Waals surface area contributed by atoms with Crippen LogP contribution >= 0.6 is 11.6 Å². The van der Waals surface area contributed by atoms with Gasteiger partial charge >= 0.3 is 5.97 Å². The largest absolute Gasteiger partial charge is 0.481 e. The average Bonchev–Trinajstić information content (AvgIpc) is 2.73. The molecule has 2 N–H and O–H groups in total. The maximum atomic E-state index is 10.6. The number of piperidine rings is 1. The summed E-state index contributed by atoms with van der Waals surface area (Å²) in [5, 5.41) is 17.8. The van der Waals surface area contributed by atoms with Crippen molar-refractivity contribution in [1.29, 1.82) is 5.41 Å². The number of hydrogen-bond acceptors (Lipinski definition) is 4. The molecule has 5 nitrogen and oxygen atoms in total. The molecule has 0 radical (unpaired) electrons. The second-order valence-electron chi connectivity index (χ2n) is 6.66. The van der Waals surface area contributed by atoms with E-state index in [4.69, 9.17) is 26.9 Å². The lowest BCUT2D eigenvalue weighted by Crippen LogP contribution is -2.38. The summed E-state index contributed by atoms with van der Waals surface area (Å²) in [6.07, 6.45) is 7.33. The molecule has 1 aliphatic rings. The molecular formula is C23H33ClN2O3. The van der Waals surface area contributed by atoms with Crippen LogP contribution in [0.1, 0.15) is 51.2 Å². The highest BCUT2D eigenvalue weighted by Gasteiger charge is 2.25. The van der Waals surface area contributed by atoms with Crippen LogP contribution in [0.3, 0.4) is 0 Å². The first-order valence-corrected chi connectivity index (χ1v) is 10.6. The molecule has 6 heteroatoms. The predicted octanol–water partition coefficient (Wildman–Crippen LogP) is 5.52. The number of ether oxygens (including phenoxy) is 1. The van der Waals surface area contributed by atoms with E-state index in [1.165, 1.54) is 0 Å². The fourth-order valence-corrected chi connectivity index (χ4v) is 3.27. The molecule has 1 heterocycles. The van der Waals surface area contributed by atoms with Crippen molar-refractivity contribution in [3.63, 3.8) is 0 Å². The van der Waals surface area contributed by atoms with Gasteiger partial charge in [-0.05, 0) is 49.6 Å². The zero-order valence-electron chi connectivity index (χ0n) is 17.4. The van der Waals surface area contributed by atoms with Gasteiger partial charge in [0.15, 0.2) is 0 Å². The molecule has 0 unspecified atom stereocenters. The van der Waals surface area contributed by atoms with Gasteiger partial charge in [-0.1, -0.05) is 56.3 Å². The first-order chi connectivity index (χ1) is 14.0. The number of carboxylic acid groups (broad SMARTS) is 1. The summed E-state index contributed by atoms with van der Waals surface area (Å²) >= 11 is 5.98. The minimum Gasteiger partial charge on any atom is -0.481 e. The summed E-state index contributed by atoms with van der Waals surface area (Å²) in [5.74, 6) is -0.745. The molecule has 0 amide bonds. The molecule has 0 aliphatic carbocycles. The van der Waals surface area contributed by atoms with Crippen LogP contribution in [0.15, 0.2) is 49.1 Å². The lowest BCUT2D eigenvalue weighted by Gasteiger charge is -2.34. The SMILES string of the molecule is C=C/C=C\C(=N)[C@@H](OC1CCN(CCCC(=O)O)CC1)c1ccc(Cl)cc1.CC. The number of likely N-dealkylation sites (tertiary alicyclic amines) is 1. The second-order valence-corrected chi connectivity index (χ2v) is 7.09. The van der Waals surface area contributed by atoms with Crippen LogP contribution in [0.4, 0.5) is 0 Å². The molecule has 1 aliphatic heterocycles. The second kappa shape index (κ2) is 14.1. The lowest BCUT2D eigenvalue weighted by molar-refractivity contribution is -0.137. The van der Waals surface area contributed by atoms with Gasteiger partial charge < -0.3 is 20.2 Å². The van der Waals surface area contributed by atoms with Crippen molar-refractivity contribution in [2.75, 3.05) is 19.6 Å². The summed E-state index contributed by atoms with van der Waals surface area (Å²) in [6.45, 7) is 10.2. The van der Waals surface area contributed by atoms with E-state index in [1.807, 2.05) is 38.1 Å². The maximum absolute atomic E-state index is 10.6. The Balaban J connectivity index is 0.00000204. The highest BCUT2D eigenvalue weighted by Crippen LogP contribution is 2.26. The van der Waals surface area contributed by atoms with Crippen molar-refractivity contribution < 1.29 is 14.6 Å². The molecule has 0 bridgehead atoms. The Morgan fingerprint density at radius 3 is 2.52 bits per heavy atom. The molecule has 2 rings (SSSR count). The van der Waals surface area contributed by atoms with E-state index in [1.54, 1.807) is 18.2 Å². The van der Waals surface area contributed by atoms with Gasteiger partial charge in [0.25, 0.3) is 0 Å². The van der Waals surface area contributed by atoms with Crippen LogP contribution in [0.25, 0.3) is 0 Å². The first-order valence-electron chi connectivity index (χ1n) is 10.2. The van der Waals surface area contributed by atoms with Crippen molar-refractivity contribution >= 4 is 23.3 Å². The summed E-state index contributed by atoms with van der Waals surface area (Å²) in [7, 11) is 0. The Kier molecular flexibility index (Phi) is 12.2. The fourth-order valence-electron chi connectivity index (χ4n) is 3.14. The summed E-state index contributed by atoms with van der Waals surface area (Å²) in [6, 6.07) is 7.40. The van der Waals surface area contributed by atoms with Gasteiger partial charge in [0.05, 0.1) is 11.8 Å². The normalized spacial score (nSPS) is 16.1. The highest BCUT2D eigenvalue weighted by molar-refractivity contribution is 6.30. The molecule has 29 heavy (non-hydrogen) atoms. The number of nitrogens with zero attached hydrogens (tertiary/aromatic N) is 1. The molecule has 0 aromatic heterocycles. The Bertz CT molecular complexity index is 665. The lowest BCUT2D eigenvalue weighted by atomic mass is 10.0. The van der Waals surface area contributed by atoms with Crippen LogP contribution in [-0.2, 0) is 9.53 Å². The Morgan fingerprint density at radius 1 is 1.34 bits per heavy atom. The van der Waals surface area contributed by atoms with Crippen LogP contribution in [0, 0.1) is 5.41 Å². The van der Waals surface area contributed by atoms with Crippen molar-refractivity contribution in [1.82, 2.24) is 4.90 Å². The molecule has 1 atom stereocenters. The monoisotopic (exact) mass is 420 g/mol. The third-order valence-corrected chi connectivity index (χ3v) is 4.85. The number of carbonyl (C=O) groups is 1. The smallest absolute Gasteiger partial charge is 0.303 e. The molecular weight excluding hydrogens is 388 g/mol. The minimum atomic E-state index is -0.745. The van der Waals surface area contributed by atoms with E-state index in [9.17, 15) is 4.79 Å². The number of rotatable bonds is 10. The van der Waals surface area contributed by atoms with E-state index in [-0.39, 0.29) is 12.5 Å². The number of aliphatic carboxylic acids is 1. The zero-order chi connectivity index (χ0) is 21.6. The number of halogens is 1. The Morgan fingerprint density at radius 2 is 1.97 bits per heavy atom. The molecule has 1 fully saturated rings. The van der Waals surface area contributed by atoms with E-state index in [2.05, 4.69) is 11.5 Å². The standard InChI is InChI=1S/C21H27ClN2O3.C2H6/c1-2-3-5-19(23)21(16-7-9-17(22)10-8-16)27-18-11-14-24(15-12-18)13-4-6-20(25)26;1-2/h2-3,5,7-10,18,21,23H,1,4,6,11-15H2,(H,25,26);1-2H3/b5-3-,23-19?;/t21-;/m0./s1. The Labute approximate surface area is 179 Å². The van der Waals surface area contributed by atoms with E-state index in [0.717, 1.165) is 38.0 Å². The van der Waals surface area contributed by atoms with Gasteiger partial charge in [-0.25, -0.2) is 0 Å². The average molecular weight is 421 g/mol. The quantitative estimate of drug-likeness (QED) is 0.386.